The Morgan fingerprint density at radius 2 is 2.05 bits per heavy atom. The molecule has 4 heteroatoms. The van der Waals surface area contributed by atoms with Crippen LogP contribution in [0.25, 0.3) is 0 Å². The maximum atomic E-state index is 9.12. The first-order valence-electron chi connectivity index (χ1n) is 6.67. The van der Waals surface area contributed by atoms with Gasteiger partial charge in [0.25, 0.3) is 0 Å². The zero-order chi connectivity index (χ0) is 13.7. The van der Waals surface area contributed by atoms with E-state index in [2.05, 4.69) is 42.4 Å². The van der Waals surface area contributed by atoms with Crippen LogP contribution in [0.3, 0.4) is 0 Å². The van der Waals surface area contributed by atoms with Crippen molar-refractivity contribution in [1.29, 1.82) is 5.26 Å². The van der Waals surface area contributed by atoms with Crippen molar-refractivity contribution in [2.75, 3.05) is 0 Å². The summed E-state index contributed by atoms with van der Waals surface area (Å²) in [5, 5.41) is 17.3. The summed E-state index contributed by atoms with van der Waals surface area (Å²) < 4.78 is 1.88. The maximum absolute atomic E-state index is 9.12. The van der Waals surface area contributed by atoms with Crippen LogP contribution in [0.4, 0.5) is 0 Å². The molecular formula is C15H18N4. The van der Waals surface area contributed by atoms with E-state index in [1.165, 1.54) is 5.56 Å². The predicted octanol–water partition coefficient (Wildman–Crippen LogP) is 3.10. The second-order valence-corrected chi connectivity index (χ2v) is 4.63. The van der Waals surface area contributed by atoms with Gasteiger partial charge in [0.15, 0.2) is 5.69 Å². The lowest BCUT2D eigenvalue weighted by Gasteiger charge is -2.15. The minimum absolute atomic E-state index is 0.0997. The third-order valence-electron chi connectivity index (χ3n) is 3.31. The van der Waals surface area contributed by atoms with Crippen LogP contribution >= 0.6 is 0 Å². The van der Waals surface area contributed by atoms with Gasteiger partial charge in [-0.2, -0.15) is 5.26 Å². The number of rotatable bonds is 5. The molecule has 0 saturated heterocycles. The van der Waals surface area contributed by atoms with Crippen molar-refractivity contribution in [3.8, 4) is 6.07 Å². The van der Waals surface area contributed by atoms with Gasteiger partial charge in [-0.25, -0.2) is 4.68 Å². The Hall–Kier alpha value is -2.15. The molecule has 1 unspecified atom stereocenters. The summed E-state index contributed by atoms with van der Waals surface area (Å²) in [6, 6.07) is 12.4. The summed E-state index contributed by atoms with van der Waals surface area (Å²) in [4.78, 5) is 0. The minimum atomic E-state index is 0.0997. The zero-order valence-corrected chi connectivity index (χ0v) is 11.4. The Morgan fingerprint density at radius 3 is 2.68 bits per heavy atom. The average molecular weight is 254 g/mol. The molecule has 0 spiro atoms. The molecule has 1 aromatic carbocycles. The minimum Gasteiger partial charge on any atom is -0.241 e. The number of benzene rings is 1. The molecule has 0 amide bonds. The highest BCUT2D eigenvalue weighted by Crippen LogP contribution is 2.20. The summed E-state index contributed by atoms with van der Waals surface area (Å²) >= 11 is 0. The number of nitriles is 1. The number of hydrogen-bond acceptors (Lipinski definition) is 3. The van der Waals surface area contributed by atoms with E-state index in [0.717, 1.165) is 25.0 Å². The average Bonchev–Trinajstić information content (AvgIpc) is 2.88. The highest BCUT2D eigenvalue weighted by atomic mass is 15.4. The van der Waals surface area contributed by atoms with Gasteiger partial charge < -0.3 is 0 Å². The maximum Gasteiger partial charge on any atom is 0.185 e. The smallest absolute Gasteiger partial charge is 0.185 e. The molecule has 98 valence electrons. The standard InChI is InChI=1S/C15H18N4/c1-3-4-10-15-14(11-16)17-18-19(15)12(2)13-8-6-5-7-9-13/h5-9,12H,3-4,10H2,1-2H3. The van der Waals surface area contributed by atoms with Crippen molar-refractivity contribution in [1.82, 2.24) is 15.0 Å². The Labute approximate surface area is 113 Å². The van der Waals surface area contributed by atoms with Gasteiger partial charge in [0.2, 0.25) is 0 Å². The lowest BCUT2D eigenvalue weighted by Crippen LogP contribution is -2.12. The molecular weight excluding hydrogens is 236 g/mol. The molecule has 0 aliphatic rings. The zero-order valence-electron chi connectivity index (χ0n) is 11.4. The van der Waals surface area contributed by atoms with E-state index < -0.39 is 0 Å². The summed E-state index contributed by atoms with van der Waals surface area (Å²) in [6.45, 7) is 4.22. The Bertz CT molecular complexity index is 566. The van der Waals surface area contributed by atoms with Crippen LogP contribution in [0.1, 0.15) is 49.7 Å². The Morgan fingerprint density at radius 1 is 1.32 bits per heavy atom. The van der Waals surface area contributed by atoms with Crippen molar-refractivity contribution in [2.45, 2.75) is 39.2 Å². The summed E-state index contributed by atoms with van der Waals surface area (Å²) in [5.41, 5.74) is 2.58. The third-order valence-corrected chi connectivity index (χ3v) is 3.31. The molecule has 0 saturated carbocycles. The van der Waals surface area contributed by atoms with Crippen LogP contribution in [0.2, 0.25) is 0 Å². The molecule has 0 N–H and O–H groups in total. The number of unbranched alkanes of at least 4 members (excludes halogenated alkanes) is 1. The third kappa shape index (κ3) is 2.82. The summed E-state index contributed by atoms with van der Waals surface area (Å²) in [7, 11) is 0. The molecule has 4 nitrogen and oxygen atoms in total. The van der Waals surface area contributed by atoms with Gasteiger partial charge in [-0.1, -0.05) is 48.9 Å². The molecule has 0 fully saturated rings. The second-order valence-electron chi connectivity index (χ2n) is 4.63. The van der Waals surface area contributed by atoms with Gasteiger partial charge >= 0.3 is 0 Å². The van der Waals surface area contributed by atoms with Crippen LogP contribution < -0.4 is 0 Å². The van der Waals surface area contributed by atoms with E-state index in [1.54, 1.807) is 0 Å². The molecule has 2 rings (SSSR count). The number of hydrogen-bond donors (Lipinski definition) is 0. The number of nitrogens with zero attached hydrogens (tertiary/aromatic N) is 4. The second kappa shape index (κ2) is 6.14. The van der Waals surface area contributed by atoms with E-state index in [1.807, 2.05) is 22.9 Å². The van der Waals surface area contributed by atoms with Gasteiger partial charge in [-0.3, -0.25) is 0 Å². The molecule has 1 aromatic heterocycles. The van der Waals surface area contributed by atoms with Crippen LogP contribution in [0.15, 0.2) is 30.3 Å². The van der Waals surface area contributed by atoms with Crippen molar-refractivity contribution in [3.63, 3.8) is 0 Å². The molecule has 19 heavy (non-hydrogen) atoms. The van der Waals surface area contributed by atoms with E-state index >= 15 is 0 Å². The van der Waals surface area contributed by atoms with Gasteiger partial charge in [0.1, 0.15) is 6.07 Å². The predicted molar refractivity (Wildman–Crippen MR) is 73.6 cm³/mol. The highest BCUT2D eigenvalue weighted by molar-refractivity contribution is 5.27. The van der Waals surface area contributed by atoms with Gasteiger partial charge in [-0.05, 0) is 25.3 Å². The first kappa shape index (κ1) is 13.3. The summed E-state index contributed by atoms with van der Waals surface area (Å²) in [6.07, 6.45) is 2.99. The molecule has 0 radical (unpaired) electrons. The molecule has 0 bridgehead atoms. The van der Waals surface area contributed by atoms with Crippen molar-refractivity contribution in [3.05, 3.63) is 47.3 Å². The van der Waals surface area contributed by atoms with Crippen molar-refractivity contribution in [2.24, 2.45) is 0 Å². The van der Waals surface area contributed by atoms with Crippen molar-refractivity contribution < 1.29 is 0 Å². The fourth-order valence-electron chi connectivity index (χ4n) is 2.16. The fourth-order valence-corrected chi connectivity index (χ4v) is 2.16. The van der Waals surface area contributed by atoms with E-state index in [9.17, 15) is 0 Å². The molecule has 0 aliphatic carbocycles. The first-order chi connectivity index (χ1) is 9.27. The lowest BCUT2D eigenvalue weighted by atomic mass is 10.1. The van der Waals surface area contributed by atoms with Gasteiger partial charge in [0.05, 0.1) is 11.7 Å². The van der Waals surface area contributed by atoms with Crippen LogP contribution in [0.5, 0.6) is 0 Å². The van der Waals surface area contributed by atoms with Crippen LogP contribution in [-0.4, -0.2) is 15.0 Å². The lowest BCUT2D eigenvalue weighted by molar-refractivity contribution is 0.516. The van der Waals surface area contributed by atoms with Gasteiger partial charge in [-0.15, -0.1) is 5.10 Å². The van der Waals surface area contributed by atoms with Crippen LogP contribution in [-0.2, 0) is 6.42 Å². The Balaban J connectivity index is 2.34. The highest BCUT2D eigenvalue weighted by Gasteiger charge is 2.17. The normalized spacial score (nSPS) is 12.1. The topological polar surface area (TPSA) is 54.5 Å². The molecule has 1 atom stereocenters. The summed E-state index contributed by atoms with van der Waals surface area (Å²) in [5.74, 6) is 0. The van der Waals surface area contributed by atoms with E-state index in [0.29, 0.717) is 5.69 Å². The molecule has 1 heterocycles. The monoisotopic (exact) mass is 254 g/mol. The SMILES string of the molecule is CCCCc1c(C#N)nnn1C(C)c1ccccc1. The van der Waals surface area contributed by atoms with E-state index in [-0.39, 0.29) is 6.04 Å². The van der Waals surface area contributed by atoms with Crippen LogP contribution in [0, 0.1) is 11.3 Å². The Kier molecular flexibility index (Phi) is 4.30. The number of aromatic nitrogens is 3. The first-order valence-corrected chi connectivity index (χ1v) is 6.67. The molecule has 0 aliphatic heterocycles. The largest absolute Gasteiger partial charge is 0.241 e. The quantitative estimate of drug-likeness (QED) is 0.823. The molecule has 2 aromatic rings. The van der Waals surface area contributed by atoms with Crippen molar-refractivity contribution >= 4 is 0 Å². The van der Waals surface area contributed by atoms with Gasteiger partial charge in [0, 0.05) is 0 Å². The fraction of sp³-hybridized carbons (Fsp3) is 0.400. The van der Waals surface area contributed by atoms with E-state index in [4.69, 9.17) is 5.26 Å².